The molecular weight excluding hydrogens is 407 g/mol. The van der Waals surface area contributed by atoms with E-state index in [4.69, 9.17) is 9.15 Å². The monoisotopic (exact) mass is 426 g/mol. The molecule has 154 valence electrons. The Bertz CT molecular complexity index is 1350. The van der Waals surface area contributed by atoms with Crippen LogP contribution in [0.2, 0.25) is 0 Å². The van der Waals surface area contributed by atoms with Crippen LogP contribution in [0, 0.1) is 12.7 Å². The van der Waals surface area contributed by atoms with Crippen LogP contribution in [0.15, 0.2) is 61.9 Å². The number of carbonyl (C=O) groups excluding carboxylic acids is 1. The van der Waals surface area contributed by atoms with Crippen molar-refractivity contribution in [3.05, 3.63) is 90.3 Å². The van der Waals surface area contributed by atoms with E-state index in [1.807, 2.05) is 0 Å². The van der Waals surface area contributed by atoms with Crippen LogP contribution in [0.25, 0.3) is 6.08 Å². The zero-order chi connectivity index (χ0) is 21.4. The van der Waals surface area contributed by atoms with Gasteiger partial charge in [0.05, 0.1) is 22.4 Å². The Kier molecular flexibility index (Phi) is 5.26. The number of fused-ring (bicyclic) bond motifs is 1. The fourth-order valence-electron chi connectivity index (χ4n) is 3.41. The molecule has 0 saturated heterocycles. The molecule has 1 aromatic carbocycles. The molecule has 0 bridgehead atoms. The number of aryl methyl sites for hydroxylation is 1. The van der Waals surface area contributed by atoms with Crippen LogP contribution < -0.4 is 14.9 Å². The van der Waals surface area contributed by atoms with E-state index in [9.17, 15) is 14.0 Å². The summed E-state index contributed by atoms with van der Waals surface area (Å²) in [5.74, 6) is 0.172. The molecule has 1 atom stereocenters. The first-order chi connectivity index (χ1) is 14.4. The largest absolute Gasteiger partial charge is 0.464 e. The van der Waals surface area contributed by atoms with Gasteiger partial charge >= 0.3 is 5.97 Å². The second-order valence-corrected chi connectivity index (χ2v) is 7.81. The molecular formula is C22H19FN2O4S. The summed E-state index contributed by atoms with van der Waals surface area (Å²) in [5.41, 5.74) is 0.949. The molecule has 0 N–H and O–H groups in total. The van der Waals surface area contributed by atoms with Gasteiger partial charge in [-0.25, -0.2) is 14.2 Å². The highest BCUT2D eigenvalue weighted by molar-refractivity contribution is 7.07. The van der Waals surface area contributed by atoms with Gasteiger partial charge in [0.15, 0.2) is 4.80 Å². The second kappa shape index (κ2) is 7.87. The second-order valence-electron chi connectivity index (χ2n) is 6.81. The average molecular weight is 426 g/mol. The minimum Gasteiger partial charge on any atom is -0.464 e. The van der Waals surface area contributed by atoms with Crippen molar-refractivity contribution in [2.45, 2.75) is 26.8 Å². The summed E-state index contributed by atoms with van der Waals surface area (Å²) < 4.78 is 26.4. The number of aromatic nitrogens is 1. The topological polar surface area (TPSA) is 73.8 Å². The van der Waals surface area contributed by atoms with Crippen molar-refractivity contribution in [2.75, 3.05) is 6.61 Å². The van der Waals surface area contributed by atoms with Gasteiger partial charge in [-0.15, -0.1) is 0 Å². The van der Waals surface area contributed by atoms with E-state index in [0.717, 1.165) is 0 Å². The Balaban J connectivity index is 1.95. The van der Waals surface area contributed by atoms with Crippen molar-refractivity contribution < 1.29 is 18.3 Å². The quantitative estimate of drug-likeness (QED) is 0.602. The summed E-state index contributed by atoms with van der Waals surface area (Å²) in [5, 5.41) is 0. The Morgan fingerprint density at radius 2 is 2.13 bits per heavy atom. The van der Waals surface area contributed by atoms with Gasteiger partial charge in [0.25, 0.3) is 5.56 Å². The molecule has 1 aliphatic rings. The van der Waals surface area contributed by atoms with Crippen LogP contribution in [0.4, 0.5) is 4.39 Å². The standard InChI is InChI=1S/C22H19FN2O4S/c1-4-28-21(27)18-13(3)24-22-25(19(18)16-9-8-12(2)29-16)20(26)17(30-22)11-14-6-5-7-15(23)10-14/h5-11,19H,4H2,1-3H3/b17-11-/t19-/m0/s1. The van der Waals surface area contributed by atoms with Crippen molar-refractivity contribution in [1.29, 1.82) is 0 Å². The molecule has 8 heteroatoms. The number of halogens is 1. The van der Waals surface area contributed by atoms with Crippen LogP contribution in [0.5, 0.6) is 0 Å². The molecule has 0 saturated carbocycles. The molecule has 3 aromatic rings. The third-order valence-electron chi connectivity index (χ3n) is 4.69. The lowest BCUT2D eigenvalue weighted by Crippen LogP contribution is -2.39. The lowest BCUT2D eigenvalue weighted by molar-refractivity contribution is -0.139. The lowest BCUT2D eigenvalue weighted by atomic mass is 10.0. The van der Waals surface area contributed by atoms with Crippen molar-refractivity contribution in [3.8, 4) is 0 Å². The van der Waals surface area contributed by atoms with E-state index in [1.54, 1.807) is 51.1 Å². The third kappa shape index (κ3) is 3.54. The van der Waals surface area contributed by atoms with Gasteiger partial charge in [-0.3, -0.25) is 9.36 Å². The number of furan rings is 1. The minimum atomic E-state index is -0.788. The molecule has 2 aromatic heterocycles. The number of thiazole rings is 1. The van der Waals surface area contributed by atoms with Gasteiger partial charge in [0.1, 0.15) is 23.4 Å². The molecule has 0 unspecified atom stereocenters. The van der Waals surface area contributed by atoms with E-state index >= 15 is 0 Å². The average Bonchev–Trinajstić information content (AvgIpc) is 3.24. The smallest absolute Gasteiger partial charge is 0.338 e. The van der Waals surface area contributed by atoms with Crippen molar-refractivity contribution in [3.63, 3.8) is 0 Å². The van der Waals surface area contributed by atoms with E-state index in [2.05, 4.69) is 4.99 Å². The lowest BCUT2D eigenvalue weighted by Gasteiger charge is -2.22. The number of ether oxygens (including phenoxy) is 1. The van der Waals surface area contributed by atoms with Gasteiger partial charge in [-0.05, 0) is 56.7 Å². The van der Waals surface area contributed by atoms with Crippen LogP contribution in [-0.4, -0.2) is 17.1 Å². The first-order valence-electron chi connectivity index (χ1n) is 9.40. The first kappa shape index (κ1) is 20.0. The van der Waals surface area contributed by atoms with Crippen molar-refractivity contribution in [2.24, 2.45) is 4.99 Å². The number of nitrogens with zero attached hydrogens (tertiary/aromatic N) is 2. The molecule has 1 aliphatic heterocycles. The molecule has 3 heterocycles. The Labute approximate surface area is 175 Å². The maximum atomic E-state index is 13.6. The summed E-state index contributed by atoms with van der Waals surface area (Å²) in [6, 6.07) is 8.70. The maximum Gasteiger partial charge on any atom is 0.338 e. The number of benzene rings is 1. The highest BCUT2D eigenvalue weighted by Crippen LogP contribution is 2.31. The predicted molar refractivity (Wildman–Crippen MR) is 110 cm³/mol. The van der Waals surface area contributed by atoms with E-state index in [1.165, 1.54) is 28.0 Å². The number of allylic oxidation sites excluding steroid dienone is 1. The zero-order valence-electron chi connectivity index (χ0n) is 16.6. The SMILES string of the molecule is CCOC(=O)C1=C(C)N=c2s/c(=C\c3cccc(F)c3)c(=O)n2[C@H]1c1ccc(C)o1. The molecule has 0 aliphatic carbocycles. The molecule has 0 radical (unpaired) electrons. The maximum absolute atomic E-state index is 13.6. The van der Waals surface area contributed by atoms with E-state index < -0.39 is 12.0 Å². The Morgan fingerprint density at radius 1 is 1.33 bits per heavy atom. The van der Waals surface area contributed by atoms with Crippen LogP contribution in [0.1, 0.15) is 37.0 Å². The summed E-state index contributed by atoms with van der Waals surface area (Å²) in [6.45, 7) is 5.41. The number of hydrogen-bond acceptors (Lipinski definition) is 6. The summed E-state index contributed by atoms with van der Waals surface area (Å²) in [4.78, 5) is 30.9. The molecule has 0 fully saturated rings. The van der Waals surface area contributed by atoms with Gasteiger partial charge in [-0.1, -0.05) is 23.5 Å². The molecule has 0 amide bonds. The zero-order valence-corrected chi connectivity index (χ0v) is 17.5. The Hall–Kier alpha value is -3.26. The number of carbonyl (C=O) groups is 1. The van der Waals surface area contributed by atoms with Gasteiger partial charge in [0.2, 0.25) is 0 Å². The molecule has 4 rings (SSSR count). The third-order valence-corrected chi connectivity index (χ3v) is 5.68. The van der Waals surface area contributed by atoms with Crippen molar-refractivity contribution >= 4 is 23.4 Å². The number of rotatable bonds is 4. The van der Waals surface area contributed by atoms with Crippen LogP contribution in [-0.2, 0) is 9.53 Å². The highest BCUT2D eigenvalue weighted by atomic mass is 32.1. The van der Waals surface area contributed by atoms with Crippen LogP contribution in [0.3, 0.4) is 0 Å². The van der Waals surface area contributed by atoms with Gasteiger partial charge in [0, 0.05) is 0 Å². The van der Waals surface area contributed by atoms with Gasteiger partial charge in [-0.2, -0.15) is 0 Å². The van der Waals surface area contributed by atoms with Gasteiger partial charge < -0.3 is 9.15 Å². The highest BCUT2D eigenvalue weighted by Gasteiger charge is 2.35. The first-order valence-corrected chi connectivity index (χ1v) is 10.2. The fourth-order valence-corrected chi connectivity index (χ4v) is 4.46. The molecule has 6 nitrogen and oxygen atoms in total. The number of esters is 1. The molecule has 30 heavy (non-hydrogen) atoms. The summed E-state index contributed by atoms with van der Waals surface area (Å²) in [7, 11) is 0. The fraction of sp³-hybridized carbons (Fsp3) is 0.227. The normalized spacial score (nSPS) is 16.4. The summed E-state index contributed by atoms with van der Waals surface area (Å²) in [6.07, 6.45) is 1.61. The van der Waals surface area contributed by atoms with E-state index in [-0.39, 0.29) is 23.6 Å². The minimum absolute atomic E-state index is 0.198. The van der Waals surface area contributed by atoms with Crippen molar-refractivity contribution in [1.82, 2.24) is 4.57 Å². The Morgan fingerprint density at radius 3 is 2.80 bits per heavy atom. The number of hydrogen-bond donors (Lipinski definition) is 0. The predicted octanol–water partition coefficient (Wildman–Crippen LogP) is 2.84. The van der Waals surface area contributed by atoms with E-state index in [0.29, 0.717) is 32.1 Å². The molecule has 0 spiro atoms. The summed E-state index contributed by atoms with van der Waals surface area (Å²) >= 11 is 1.18. The van der Waals surface area contributed by atoms with Crippen LogP contribution >= 0.6 is 11.3 Å².